The van der Waals surface area contributed by atoms with Gasteiger partial charge in [0, 0.05) is 27.7 Å². The average molecular weight is 476 g/mol. The summed E-state index contributed by atoms with van der Waals surface area (Å²) in [6, 6.07) is 24.0. The third-order valence-electron chi connectivity index (χ3n) is 4.68. The summed E-state index contributed by atoms with van der Waals surface area (Å²) in [5, 5.41) is 7.68. The van der Waals surface area contributed by atoms with Crippen LogP contribution in [0.25, 0.3) is 0 Å². The van der Waals surface area contributed by atoms with Gasteiger partial charge in [-0.05, 0) is 42.0 Å². The maximum absolute atomic E-state index is 13.1. The van der Waals surface area contributed by atoms with Crippen molar-refractivity contribution in [3.8, 4) is 5.75 Å². The highest BCUT2D eigenvalue weighted by Gasteiger charge is 2.23. The maximum Gasteiger partial charge on any atom is 0.255 e. The molecule has 0 aliphatic heterocycles. The van der Waals surface area contributed by atoms with E-state index in [9.17, 15) is 9.59 Å². The second kappa shape index (κ2) is 10.8. The van der Waals surface area contributed by atoms with Crippen LogP contribution >= 0.6 is 23.1 Å². The van der Waals surface area contributed by atoms with E-state index in [0.717, 1.165) is 10.5 Å². The number of methoxy groups -OCH3 is 1. The average Bonchev–Trinajstić information content (AvgIpc) is 3.36. The van der Waals surface area contributed by atoms with E-state index in [0.29, 0.717) is 22.1 Å². The van der Waals surface area contributed by atoms with E-state index in [1.165, 1.54) is 23.1 Å². The first-order valence-corrected chi connectivity index (χ1v) is 11.9. The van der Waals surface area contributed by atoms with Crippen molar-refractivity contribution >= 4 is 45.7 Å². The number of hydrogen-bond acceptors (Lipinski definition) is 6. The van der Waals surface area contributed by atoms with Gasteiger partial charge in [0.05, 0.1) is 7.11 Å². The third kappa shape index (κ3) is 6.00. The molecule has 1 unspecified atom stereocenters. The van der Waals surface area contributed by atoms with Crippen LogP contribution in [0, 0.1) is 0 Å². The van der Waals surface area contributed by atoms with E-state index in [1.807, 2.05) is 60.0 Å². The summed E-state index contributed by atoms with van der Waals surface area (Å²) in [5.74, 6) is 0.216. The molecule has 0 aliphatic carbocycles. The minimum Gasteiger partial charge on any atom is -0.497 e. The number of thioether (sulfide) groups is 1. The largest absolute Gasteiger partial charge is 0.497 e. The lowest BCUT2D eigenvalue weighted by Gasteiger charge is -2.17. The van der Waals surface area contributed by atoms with Crippen LogP contribution in [0.15, 0.2) is 95.3 Å². The third-order valence-corrected chi connectivity index (χ3v) is 6.62. The quantitative estimate of drug-likeness (QED) is 0.311. The molecular formula is C25H21N3O3S2. The summed E-state index contributed by atoms with van der Waals surface area (Å²) in [6.07, 6.45) is 1.65. The molecule has 6 nitrogen and oxygen atoms in total. The maximum atomic E-state index is 13.1. The number of rotatable bonds is 8. The Morgan fingerprint density at radius 1 is 0.970 bits per heavy atom. The summed E-state index contributed by atoms with van der Waals surface area (Å²) < 4.78 is 5.20. The highest BCUT2D eigenvalue weighted by atomic mass is 32.2. The Balaban J connectivity index is 1.52. The first-order chi connectivity index (χ1) is 16.1. The summed E-state index contributed by atoms with van der Waals surface area (Å²) >= 11 is 2.78. The number of ether oxygens (including phenoxy) is 1. The number of anilines is 2. The summed E-state index contributed by atoms with van der Waals surface area (Å²) in [7, 11) is 1.56. The van der Waals surface area contributed by atoms with Crippen molar-refractivity contribution in [1.29, 1.82) is 0 Å². The first-order valence-electron chi connectivity index (χ1n) is 10.1. The molecule has 0 saturated carbocycles. The second-order valence-electron chi connectivity index (χ2n) is 6.95. The van der Waals surface area contributed by atoms with Crippen LogP contribution in [-0.2, 0) is 4.79 Å². The number of carbonyl (C=O) groups excluding carboxylic acids is 2. The smallest absolute Gasteiger partial charge is 0.255 e. The molecule has 0 fully saturated rings. The molecule has 0 bridgehead atoms. The molecule has 0 spiro atoms. The molecule has 3 aromatic carbocycles. The van der Waals surface area contributed by atoms with Crippen molar-refractivity contribution in [3.05, 3.63) is 102 Å². The van der Waals surface area contributed by atoms with Crippen LogP contribution in [0.3, 0.4) is 0 Å². The molecule has 1 aromatic heterocycles. The Labute approximate surface area is 200 Å². The lowest BCUT2D eigenvalue weighted by Crippen LogP contribution is -2.19. The van der Waals surface area contributed by atoms with Gasteiger partial charge < -0.3 is 15.4 Å². The van der Waals surface area contributed by atoms with Gasteiger partial charge in [-0.1, -0.05) is 42.5 Å². The highest BCUT2D eigenvalue weighted by Crippen LogP contribution is 2.37. The van der Waals surface area contributed by atoms with Crippen molar-refractivity contribution in [1.82, 2.24) is 4.98 Å². The fourth-order valence-corrected chi connectivity index (χ4v) is 4.72. The van der Waals surface area contributed by atoms with Crippen LogP contribution in [0.1, 0.15) is 21.2 Å². The number of nitrogens with one attached hydrogen (secondary N) is 2. The zero-order valence-electron chi connectivity index (χ0n) is 17.7. The van der Waals surface area contributed by atoms with Crippen LogP contribution in [0.4, 0.5) is 10.8 Å². The standard InChI is InChI=1S/C25H21N3O3S2/c1-31-20-11-5-9-18(15-20)23(29)27-19-10-6-12-21(16-19)33-22(17-7-3-2-4-8-17)24(30)28-25-26-13-14-32-25/h2-16,22H,1H3,(H,27,29)(H,26,28,30). The molecule has 166 valence electrons. The molecule has 1 atom stereocenters. The Kier molecular flexibility index (Phi) is 7.39. The predicted molar refractivity (Wildman–Crippen MR) is 133 cm³/mol. The summed E-state index contributed by atoms with van der Waals surface area (Å²) in [4.78, 5) is 30.8. The number of hydrogen-bond donors (Lipinski definition) is 2. The van der Waals surface area contributed by atoms with Crippen molar-refractivity contribution in [2.75, 3.05) is 17.7 Å². The minimum atomic E-state index is -0.487. The van der Waals surface area contributed by atoms with Gasteiger partial charge in [-0.25, -0.2) is 4.98 Å². The number of amides is 2. The fraction of sp³-hybridized carbons (Fsp3) is 0.0800. The fourth-order valence-electron chi connectivity index (χ4n) is 3.11. The molecule has 1 heterocycles. The zero-order valence-corrected chi connectivity index (χ0v) is 19.4. The van der Waals surface area contributed by atoms with Crippen LogP contribution < -0.4 is 15.4 Å². The summed E-state index contributed by atoms with van der Waals surface area (Å²) in [6.45, 7) is 0. The molecule has 2 N–H and O–H groups in total. The van der Waals surface area contributed by atoms with E-state index in [2.05, 4.69) is 15.6 Å². The molecule has 8 heteroatoms. The molecule has 4 rings (SSSR count). The van der Waals surface area contributed by atoms with E-state index >= 15 is 0 Å². The molecular weight excluding hydrogens is 454 g/mol. The van der Waals surface area contributed by atoms with Crippen molar-refractivity contribution in [2.24, 2.45) is 0 Å². The Hall–Kier alpha value is -3.62. The number of carbonyl (C=O) groups is 2. The summed E-state index contributed by atoms with van der Waals surface area (Å²) in [5.41, 5.74) is 2.01. The number of benzene rings is 3. The van der Waals surface area contributed by atoms with Gasteiger partial charge in [0.2, 0.25) is 5.91 Å². The van der Waals surface area contributed by atoms with Gasteiger partial charge in [-0.3, -0.25) is 9.59 Å². The highest BCUT2D eigenvalue weighted by molar-refractivity contribution is 8.00. The number of thiazole rings is 1. The van der Waals surface area contributed by atoms with Gasteiger partial charge >= 0.3 is 0 Å². The van der Waals surface area contributed by atoms with Crippen LogP contribution in [-0.4, -0.2) is 23.9 Å². The van der Waals surface area contributed by atoms with Gasteiger partial charge in [0.1, 0.15) is 11.0 Å². The molecule has 4 aromatic rings. The van der Waals surface area contributed by atoms with Gasteiger partial charge in [-0.2, -0.15) is 0 Å². The monoisotopic (exact) mass is 475 g/mol. The number of nitrogens with zero attached hydrogens (tertiary/aromatic N) is 1. The minimum absolute atomic E-state index is 0.160. The van der Waals surface area contributed by atoms with Gasteiger partial charge in [0.25, 0.3) is 5.91 Å². The van der Waals surface area contributed by atoms with E-state index in [1.54, 1.807) is 37.6 Å². The van der Waals surface area contributed by atoms with Crippen LogP contribution in [0.5, 0.6) is 5.75 Å². The molecule has 0 saturated heterocycles. The zero-order chi connectivity index (χ0) is 23.0. The molecule has 33 heavy (non-hydrogen) atoms. The molecule has 0 radical (unpaired) electrons. The Bertz CT molecular complexity index is 1230. The molecule has 0 aliphatic rings. The lowest BCUT2D eigenvalue weighted by atomic mass is 10.1. The van der Waals surface area contributed by atoms with Crippen molar-refractivity contribution in [2.45, 2.75) is 10.1 Å². The SMILES string of the molecule is COc1cccc(C(=O)Nc2cccc(SC(C(=O)Nc3nccs3)c3ccccc3)c2)c1. The predicted octanol–water partition coefficient (Wildman–Crippen LogP) is 5.88. The number of aromatic nitrogens is 1. The van der Waals surface area contributed by atoms with Gasteiger partial charge in [-0.15, -0.1) is 23.1 Å². The Morgan fingerprint density at radius 3 is 2.55 bits per heavy atom. The van der Waals surface area contributed by atoms with Crippen molar-refractivity contribution < 1.29 is 14.3 Å². The van der Waals surface area contributed by atoms with E-state index < -0.39 is 5.25 Å². The van der Waals surface area contributed by atoms with E-state index in [-0.39, 0.29) is 11.8 Å². The topological polar surface area (TPSA) is 80.3 Å². The van der Waals surface area contributed by atoms with E-state index in [4.69, 9.17) is 4.74 Å². The molecule has 2 amide bonds. The van der Waals surface area contributed by atoms with Crippen LogP contribution in [0.2, 0.25) is 0 Å². The second-order valence-corrected chi connectivity index (χ2v) is 9.02. The van der Waals surface area contributed by atoms with Crippen molar-refractivity contribution in [3.63, 3.8) is 0 Å². The lowest BCUT2D eigenvalue weighted by molar-refractivity contribution is -0.115. The van der Waals surface area contributed by atoms with Gasteiger partial charge in [0.15, 0.2) is 5.13 Å². The first kappa shape index (κ1) is 22.6. The normalized spacial score (nSPS) is 11.4. The Morgan fingerprint density at radius 2 is 1.79 bits per heavy atom.